The number of esters is 2. The van der Waals surface area contributed by atoms with Gasteiger partial charge in [-0.1, -0.05) is 13.3 Å². The first-order chi connectivity index (χ1) is 5.54. The molecule has 12 heavy (non-hydrogen) atoms. The molecule has 0 fully saturated rings. The van der Waals surface area contributed by atoms with Gasteiger partial charge in [-0.25, -0.2) is 0 Å². The van der Waals surface area contributed by atoms with Crippen LogP contribution in [0.1, 0.15) is 33.6 Å². The van der Waals surface area contributed by atoms with Crippen molar-refractivity contribution in [2.45, 2.75) is 33.6 Å². The zero-order valence-electron chi connectivity index (χ0n) is 7.92. The molecule has 0 spiro atoms. The van der Waals surface area contributed by atoms with Gasteiger partial charge in [0.1, 0.15) is 0 Å². The van der Waals surface area contributed by atoms with Crippen LogP contribution in [0, 0.1) is 0 Å². The maximum absolute atomic E-state index is 9.81. The van der Waals surface area contributed by atoms with Gasteiger partial charge in [-0.2, -0.15) is 0 Å². The molecular formula is C8H17NO3. The van der Waals surface area contributed by atoms with E-state index in [0.717, 1.165) is 6.54 Å². The lowest BCUT2D eigenvalue weighted by Crippen LogP contribution is -2.03. The highest BCUT2D eigenvalue weighted by atomic mass is 16.6. The summed E-state index contributed by atoms with van der Waals surface area (Å²) in [5, 5.41) is 0. The van der Waals surface area contributed by atoms with Crippen molar-refractivity contribution < 1.29 is 14.3 Å². The van der Waals surface area contributed by atoms with Crippen LogP contribution in [0.2, 0.25) is 0 Å². The highest BCUT2D eigenvalue weighted by Gasteiger charge is 1.93. The standard InChI is InChI=1S/C4H11N.C4H6O3/c1-2-3-4-5;1-3(5)7-4(2)6/h2-5H2,1H3;1-2H3. The van der Waals surface area contributed by atoms with Crippen molar-refractivity contribution in [3.8, 4) is 0 Å². The van der Waals surface area contributed by atoms with Crippen LogP contribution in [0.5, 0.6) is 0 Å². The van der Waals surface area contributed by atoms with Crippen LogP contribution in [0.25, 0.3) is 0 Å². The van der Waals surface area contributed by atoms with Crippen LogP contribution < -0.4 is 5.73 Å². The first-order valence-corrected chi connectivity index (χ1v) is 3.93. The first-order valence-electron chi connectivity index (χ1n) is 3.93. The van der Waals surface area contributed by atoms with Gasteiger partial charge in [-0.15, -0.1) is 0 Å². The minimum absolute atomic E-state index is 0.562. The lowest BCUT2D eigenvalue weighted by atomic mass is 10.3. The fourth-order valence-electron chi connectivity index (χ4n) is 0.407. The second-order valence-corrected chi connectivity index (χ2v) is 2.23. The number of unbranched alkanes of at least 4 members (excludes halogenated alkanes) is 1. The maximum Gasteiger partial charge on any atom is 0.310 e. The highest BCUT2D eigenvalue weighted by molar-refractivity contribution is 5.82. The molecule has 0 saturated carbocycles. The van der Waals surface area contributed by atoms with Gasteiger partial charge in [0, 0.05) is 13.8 Å². The molecule has 0 rings (SSSR count). The van der Waals surface area contributed by atoms with E-state index in [0.29, 0.717) is 0 Å². The fraction of sp³-hybridized carbons (Fsp3) is 0.750. The van der Waals surface area contributed by atoms with Crippen molar-refractivity contribution in [1.82, 2.24) is 0 Å². The summed E-state index contributed by atoms with van der Waals surface area (Å²) in [6.07, 6.45) is 2.39. The maximum atomic E-state index is 9.81. The van der Waals surface area contributed by atoms with Gasteiger partial charge in [0.2, 0.25) is 0 Å². The second-order valence-electron chi connectivity index (χ2n) is 2.23. The molecule has 0 bridgehead atoms. The summed E-state index contributed by atoms with van der Waals surface area (Å²) in [6.45, 7) is 5.34. The van der Waals surface area contributed by atoms with E-state index in [2.05, 4.69) is 11.7 Å². The van der Waals surface area contributed by atoms with Gasteiger partial charge in [0.15, 0.2) is 0 Å². The predicted octanol–water partition coefficient (Wildman–Crippen LogP) is 0.841. The van der Waals surface area contributed by atoms with Crippen LogP contribution >= 0.6 is 0 Å². The molecule has 0 aliphatic carbocycles. The van der Waals surface area contributed by atoms with E-state index >= 15 is 0 Å². The fourth-order valence-corrected chi connectivity index (χ4v) is 0.407. The highest BCUT2D eigenvalue weighted by Crippen LogP contribution is 1.77. The molecule has 72 valence electrons. The van der Waals surface area contributed by atoms with E-state index in [-0.39, 0.29) is 0 Å². The monoisotopic (exact) mass is 175 g/mol. The predicted molar refractivity (Wildman–Crippen MR) is 46.4 cm³/mol. The van der Waals surface area contributed by atoms with E-state index in [1.165, 1.54) is 26.7 Å². The summed E-state index contributed by atoms with van der Waals surface area (Å²) >= 11 is 0. The Balaban J connectivity index is 0. The summed E-state index contributed by atoms with van der Waals surface area (Å²) < 4.78 is 3.97. The average molecular weight is 175 g/mol. The molecule has 0 aromatic heterocycles. The number of nitrogens with two attached hydrogens (primary N) is 1. The molecule has 0 unspecified atom stereocenters. The Morgan fingerprint density at radius 1 is 1.25 bits per heavy atom. The van der Waals surface area contributed by atoms with Crippen LogP contribution in [-0.4, -0.2) is 18.5 Å². The molecule has 0 heterocycles. The third-order valence-corrected chi connectivity index (χ3v) is 0.845. The van der Waals surface area contributed by atoms with Crippen molar-refractivity contribution in [3.63, 3.8) is 0 Å². The van der Waals surface area contributed by atoms with Crippen LogP contribution in [-0.2, 0) is 14.3 Å². The second kappa shape index (κ2) is 10.1. The average Bonchev–Trinajstić information content (AvgIpc) is 1.87. The normalized spacial score (nSPS) is 8.00. The molecule has 0 atom stereocenters. The van der Waals surface area contributed by atoms with Gasteiger partial charge >= 0.3 is 11.9 Å². The van der Waals surface area contributed by atoms with Crippen molar-refractivity contribution in [3.05, 3.63) is 0 Å². The molecular weight excluding hydrogens is 158 g/mol. The SMILES string of the molecule is CC(=O)OC(C)=O.CCCCN. The number of rotatable bonds is 2. The third kappa shape index (κ3) is 23.0. The Hall–Kier alpha value is -0.900. The summed E-state index contributed by atoms with van der Waals surface area (Å²) in [5.74, 6) is -1.12. The quantitative estimate of drug-likeness (QED) is 0.498. The molecule has 0 aliphatic rings. The smallest absolute Gasteiger partial charge is 0.310 e. The number of ether oxygens (including phenoxy) is 1. The van der Waals surface area contributed by atoms with Crippen molar-refractivity contribution >= 4 is 11.9 Å². The zero-order valence-corrected chi connectivity index (χ0v) is 7.92. The van der Waals surface area contributed by atoms with E-state index in [1.807, 2.05) is 0 Å². The lowest BCUT2D eigenvalue weighted by molar-refractivity contribution is -0.156. The number of carbonyl (C=O) groups excluding carboxylic acids is 2. The number of hydrogen-bond donors (Lipinski definition) is 1. The topological polar surface area (TPSA) is 69.4 Å². The van der Waals surface area contributed by atoms with Gasteiger partial charge in [-0.05, 0) is 13.0 Å². The molecule has 2 N–H and O–H groups in total. The molecule has 0 amide bonds. The summed E-state index contributed by atoms with van der Waals surface area (Å²) in [5.41, 5.74) is 5.14. The van der Waals surface area contributed by atoms with Crippen LogP contribution in [0.15, 0.2) is 0 Å². The Bertz CT molecular complexity index is 120. The zero-order chi connectivity index (χ0) is 9.98. The molecule has 0 aliphatic heterocycles. The molecule has 4 nitrogen and oxygen atoms in total. The molecule has 0 aromatic rings. The minimum atomic E-state index is -0.562. The summed E-state index contributed by atoms with van der Waals surface area (Å²) in [4.78, 5) is 19.6. The van der Waals surface area contributed by atoms with E-state index in [1.54, 1.807) is 0 Å². The molecule has 4 heteroatoms. The summed E-state index contributed by atoms with van der Waals surface area (Å²) in [7, 11) is 0. The van der Waals surface area contributed by atoms with E-state index < -0.39 is 11.9 Å². The van der Waals surface area contributed by atoms with Crippen molar-refractivity contribution in [1.29, 1.82) is 0 Å². The largest absolute Gasteiger partial charge is 0.394 e. The Morgan fingerprint density at radius 2 is 1.67 bits per heavy atom. The van der Waals surface area contributed by atoms with Crippen molar-refractivity contribution in [2.24, 2.45) is 5.73 Å². The Kier molecular flexibility index (Phi) is 11.5. The van der Waals surface area contributed by atoms with Gasteiger partial charge in [-0.3, -0.25) is 9.59 Å². The molecule has 0 radical (unpaired) electrons. The van der Waals surface area contributed by atoms with E-state index in [4.69, 9.17) is 5.73 Å². The van der Waals surface area contributed by atoms with Crippen LogP contribution in [0.4, 0.5) is 0 Å². The third-order valence-electron chi connectivity index (χ3n) is 0.845. The van der Waals surface area contributed by atoms with E-state index in [9.17, 15) is 9.59 Å². The molecule has 0 aromatic carbocycles. The number of carbonyl (C=O) groups is 2. The minimum Gasteiger partial charge on any atom is -0.394 e. The first kappa shape index (κ1) is 13.7. The van der Waals surface area contributed by atoms with Gasteiger partial charge in [0.05, 0.1) is 0 Å². The van der Waals surface area contributed by atoms with Gasteiger partial charge in [0.25, 0.3) is 0 Å². The van der Waals surface area contributed by atoms with Crippen LogP contribution in [0.3, 0.4) is 0 Å². The Morgan fingerprint density at radius 3 is 1.67 bits per heavy atom. The number of hydrogen-bond acceptors (Lipinski definition) is 4. The molecule has 0 saturated heterocycles. The lowest BCUT2D eigenvalue weighted by Gasteiger charge is -1.87. The van der Waals surface area contributed by atoms with Gasteiger partial charge < -0.3 is 10.5 Å². The van der Waals surface area contributed by atoms with Crippen molar-refractivity contribution in [2.75, 3.05) is 6.54 Å². The summed E-state index contributed by atoms with van der Waals surface area (Å²) in [6, 6.07) is 0. The Labute approximate surface area is 73.1 Å².